The van der Waals surface area contributed by atoms with Crippen LogP contribution in [0, 0.1) is 0 Å². The molecule has 3 rings (SSSR count). The maximum Gasteiger partial charge on any atom is 0.254 e. The molecule has 1 atom stereocenters. The number of hydrogen-bond acceptors (Lipinski definition) is 5. The third-order valence-electron chi connectivity index (χ3n) is 6.28. The zero-order valence-corrected chi connectivity index (χ0v) is 18.2. The van der Waals surface area contributed by atoms with Crippen molar-refractivity contribution in [3.05, 3.63) is 17.7 Å². The number of carbonyl (C=O) groups is 1. The molecule has 2 aliphatic rings. The van der Waals surface area contributed by atoms with Gasteiger partial charge in [0, 0.05) is 24.7 Å². The number of methoxy groups -OCH3 is 3. The first-order valence-corrected chi connectivity index (χ1v) is 11.0. The van der Waals surface area contributed by atoms with E-state index < -0.39 is 0 Å². The lowest BCUT2D eigenvalue weighted by Gasteiger charge is -2.37. The monoisotopic (exact) mass is 404 g/mol. The Morgan fingerprint density at radius 2 is 1.52 bits per heavy atom. The predicted octanol–water partition coefficient (Wildman–Crippen LogP) is 3.97. The highest BCUT2D eigenvalue weighted by Crippen LogP contribution is 2.39. The van der Waals surface area contributed by atoms with Crippen LogP contribution in [-0.4, -0.2) is 69.3 Å². The van der Waals surface area contributed by atoms with E-state index in [9.17, 15) is 4.79 Å². The average Bonchev–Trinajstić information content (AvgIpc) is 3.05. The van der Waals surface area contributed by atoms with Crippen LogP contribution in [0.1, 0.15) is 61.7 Å². The molecule has 0 aromatic heterocycles. The summed E-state index contributed by atoms with van der Waals surface area (Å²) in [5.74, 6) is 1.62. The number of piperidine rings is 1. The van der Waals surface area contributed by atoms with Crippen LogP contribution in [0.15, 0.2) is 12.1 Å². The molecule has 2 fully saturated rings. The van der Waals surface area contributed by atoms with Gasteiger partial charge >= 0.3 is 0 Å². The van der Waals surface area contributed by atoms with Crippen molar-refractivity contribution in [2.24, 2.45) is 0 Å². The van der Waals surface area contributed by atoms with Gasteiger partial charge in [-0.05, 0) is 63.7 Å². The highest BCUT2D eigenvalue weighted by Gasteiger charge is 2.29. The minimum atomic E-state index is 0.0600. The Bertz CT molecular complexity index is 646. The molecule has 0 bridgehead atoms. The summed E-state index contributed by atoms with van der Waals surface area (Å²) in [6.07, 6.45) is 9.72. The summed E-state index contributed by atoms with van der Waals surface area (Å²) in [6, 6.07) is 3.84. The lowest BCUT2D eigenvalue weighted by Crippen LogP contribution is -2.45. The zero-order chi connectivity index (χ0) is 20.6. The Kier molecular flexibility index (Phi) is 8.04. The fourth-order valence-corrected chi connectivity index (χ4v) is 4.63. The van der Waals surface area contributed by atoms with E-state index in [2.05, 4.69) is 9.80 Å². The number of amides is 1. The van der Waals surface area contributed by atoms with Crippen LogP contribution < -0.4 is 14.2 Å². The number of benzene rings is 1. The van der Waals surface area contributed by atoms with E-state index in [1.165, 1.54) is 45.2 Å². The molecule has 1 aromatic rings. The topological polar surface area (TPSA) is 51.2 Å². The maximum absolute atomic E-state index is 13.4. The highest BCUT2D eigenvalue weighted by molar-refractivity contribution is 5.96. The first kappa shape index (κ1) is 21.8. The molecule has 162 valence electrons. The molecule has 0 radical (unpaired) electrons. The SMILES string of the molecule is COc1cc(C(=O)N2CCCC[C@H]2CCN2CCCCCC2)cc(OC)c1OC. The third kappa shape index (κ3) is 5.35. The van der Waals surface area contributed by atoms with Crippen molar-refractivity contribution in [1.29, 1.82) is 0 Å². The molecule has 29 heavy (non-hydrogen) atoms. The van der Waals surface area contributed by atoms with Gasteiger partial charge in [-0.25, -0.2) is 0 Å². The van der Waals surface area contributed by atoms with E-state index in [4.69, 9.17) is 14.2 Å². The van der Waals surface area contributed by atoms with Crippen LogP contribution in [0.2, 0.25) is 0 Å². The molecule has 2 saturated heterocycles. The Labute approximate surface area is 175 Å². The Morgan fingerprint density at radius 3 is 2.10 bits per heavy atom. The second-order valence-electron chi connectivity index (χ2n) is 8.11. The average molecular weight is 405 g/mol. The summed E-state index contributed by atoms with van der Waals surface area (Å²) in [4.78, 5) is 18.1. The molecule has 1 amide bonds. The lowest BCUT2D eigenvalue weighted by molar-refractivity contribution is 0.0583. The fourth-order valence-electron chi connectivity index (χ4n) is 4.63. The van der Waals surface area contributed by atoms with E-state index in [-0.39, 0.29) is 5.91 Å². The van der Waals surface area contributed by atoms with E-state index in [0.717, 1.165) is 32.4 Å². The Hall–Kier alpha value is -1.95. The minimum Gasteiger partial charge on any atom is -0.493 e. The molecule has 6 heteroatoms. The summed E-state index contributed by atoms with van der Waals surface area (Å²) >= 11 is 0. The van der Waals surface area contributed by atoms with Gasteiger partial charge in [-0.15, -0.1) is 0 Å². The van der Waals surface area contributed by atoms with Crippen molar-refractivity contribution in [3.8, 4) is 17.2 Å². The quantitative estimate of drug-likeness (QED) is 0.688. The number of hydrogen-bond donors (Lipinski definition) is 0. The van der Waals surface area contributed by atoms with E-state index >= 15 is 0 Å². The van der Waals surface area contributed by atoms with Crippen molar-refractivity contribution in [1.82, 2.24) is 9.80 Å². The van der Waals surface area contributed by atoms with Crippen molar-refractivity contribution in [2.45, 2.75) is 57.4 Å². The summed E-state index contributed by atoms with van der Waals surface area (Å²) in [7, 11) is 4.73. The summed E-state index contributed by atoms with van der Waals surface area (Å²) < 4.78 is 16.3. The largest absolute Gasteiger partial charge is 0.493 e. The van der Waals surface area contributed by atoms with Gasteiger partial charge in [0.15, 0.2) is 11.5 Å². The molecule has 0 aliphatic carbocycles. The van der Waals surface area contributed by atoms with Crippen molar-refractivity contribution in [3.63, 3.8) is 0 Å². The Morgan fingerprint density at radius 1 is 0.897 bits per heavy atom. The van der Waals surface area contributed by atoms with Gasteiger partial charge in [-0.1, -0.05) is 12.8 Å². The van der Waals surface area contributed by atoms with Crippen LogP contribution in [0.5, 0.6) is 17.2 Å². The molecule has 0 N–H and O–H groups in total. The standard InChI is InChI=1S/C23H36N2O4/c1-27-20-16-18(17-21(28-2)22(20)29-3)23(26)25-14-9-6-10-19(25)11-15-24-12-7-4-5-8-13-24/h16-17,19H,4-15H2,1-3H3/t19-/m0/s1. The number of nitrogens with zero attached hydrogens (tertiary/aromatic N) is 2. The van der Waals surface area contributed by atoms with Gasteiger partial charge in [0.1, 0.15) is 0 Å². The maximum atomic E-state index is 13.4. The van der Waals surface area contributed by atoms with E-state index in [1.54, 1.807) is 33.5 Å². The van der Waals surface area contributed by atoms with Gasteiger partial charge in [0.25, 0.3) is 5.91 Å². The first-order valence-electron chi connectivity index (χ1n) is 11.0. The molecule has 0 spiro atoms. The normalized spacial score (nSPS) is 20.8. The smallest absolute Gasteiger partial charge is 0.254 e. The van der Waals surface area contributed by atoms with Crippen LogP contribution in [0.25, 0.3) is 0 Å². The van der Waals surface area contributed by atoms with Crippen LogP contribution in [-0.2, 0) is 0 Å². The second kappa shape index (κ2) is 10.7. The van der Waals surface area contributed by atoms with Gasteiger partial charge in [0.05, 0.1) is 21.3 Å². The van der Waals surface area contributed by atoms with Gasteiger partial charge in [-0.2, -0.15) is 0 Å². The van der Waals surface area contributed by atoms with Crippen LogP contribution in [0.3, 0.4) is 0 Å². The predicted molar refractivity (Wildman–Crippen MR) is 114 cm³/mol. The molecule has 2 heterocycles. The van der Waals surface area contributed by atoms with Crippen LogP contribution >= 0.6 is 0 Å². The number of rotatable bonds is 7. The molecule has 0 unspecified atom stereocenters. The van der Waals surface area contributed by atoms with Gasteiger partial charge in [0.2, 0.25) is 5.75 Å². The minimum absolute atomic E-state index is 0.0600. The molecule has 1 aromatic carbocycles. The van der Waals surface area contributed by atoms with Crippen LogP contribution in [0.4, 0.5) is 0 Å². The molecule has 0 saturated carbocycles. The number of carbonyl (C=O) groups excluding carboxylic acids is 1. The van der Waals surface area contributed by atoms with Gasteiger partial charge < -0.3 is 24.0 Å². The van der Waals surface area contributed by atoms with Crippen molar-refractivity contribution >= 4 is 5.91 Å². The summed E-state index contributed by atoms with van der Waals surface area (Å²) in [5.41, 5.74) is 0.598. The van der Waals surface area contributed by atoms with Crippen molar-refractivity contribution < 1.29 is 19.0 Å². The highest BCUT2D eigenvalue weighted by atomic mass is 16.5. The molecule has 2 aliphatic heterocycles. The van der Waals surface area contributed by atoms with E-state index in [1.807, 2.05) is 0 Å². The van der Waals surface area contributed by atoms with Gasteiger partial charge in [-0.3, -0.25) is 4.79 Å². The van der Waals surface area contributed by atoms with E-state index in [0.29, 0.717) is 28.9 Å². The lowest BCUT2D eigenvalue weighted by atomic mass is 9.97. The molecular formula is C23H36N2O4. The second-order valence-corrected chi connectivity index (χ2v) is 8.11. The molecule has 6 nitrogen and oxygen atoms in total. The summed E-state index contributed by atoms with van der Waals surface area (Å²) in [5, 5.41) is 0. The number of likely N-dealkylation sites (tertiary alicyclic amines) is 2. The molecular weight excluding hydrogens is 368 g/mol. The van der Waals surface area contributed by atoms with Crippen molar-refractivity contribution in [2.75, 3.05) is 47.5 Å². The third-order valence-corrected chi connectivity index (χ3v) is 6.28. The first-order chi connectivity index (χ1) is 14.2. The fraction of sp³-hybridized carbons (Fsp3) is 0.696. The zero-order valence-electron chi connectivity index (χ0n) is 18.2. The Balaban J connectivity index is 1.73. The summed E-state index contributed by atoms with van der Waals surface area (Å²) in [6.45, 7) is 4.31. The number of ether oxygens (including phenoxy) is 3.